The molecule has 7 heteroatoms. The lowest BCUT2D eigenvalue weighted by Crippen LogP contribution is -2.28. The molecule has 6 nitrogen and oxygen atoms in total. The molecule has 0 fully saturated rings. The zero-order chi connectivity index (χ0) is 17.7. The molecule has 0 radical (unpaired) electrons. The second-order valence-electron chi connectivity index (χ2n) is 5.28. The van der Waals surface area contributed by atoms with E-state index in [1.165, 1.54) is 11.4 Å². The van der Waals surface area contributed by atoms with Crippen molar-refractivity contribution < 1.29 is 18.4 Å². The van der Waals surface area contributed by atoms with Gasteiger partial charge in [-0.3, -0.25) is 14.3 Å². The van der Waals surface area contributed by atoms with Gasteiger partial charge in [0.1, 0.15) is 0 Å². The van der Waals surface area contributed by atoms with Crippen LogP contribution in [0.4, 0.5) is 5.69 Å². The third kappa shape index (κ3) is 3.74. The number of carbonyl (C=O) groups is 1. The fourth-order valence-corrected chi connectivity index (χ4v) is 3.27. The Labute approximate surface area is 141 Å². The number of hydrogen-bond acceptors (Lipinski definition) is 4. The minimum absolute atomic E-state index is 0.00477. The van der Waals surface area contributed by atoms with Crippen LogP contribution < -0.4 is 9.79 Å². The average molecular weight is 348 g/mol. The van der Waals surface area contributed by atoms with Gasteiger partial charge in [-0.05, 0) is 30.2 Å². The van der Waals surface area contributed by atoms with Gasteiger partial charge in [0.2, 0.25) is 10.0 Å². The zero-order valence-corrected chi connectivity index (χ0v) is 14.3. The van der Waals surface area contributed by atoms with Gasteiger partial charge in [0, 0.05) is 7.05 Å². The van der Waals surface area contributed by atoms with Crippen molar-refractivity contribution in [1.82, 2.24) is 5.48 Å². The summed E-state index contributed by atoms with van der Waals surface area (Å²) in [6.07, 6.45) is 0. The minimum Gasteiger partial charge on any atom is -0.289 e. The summed E-state index contributed by atoms with van der Waals surface area (Å²) in [5.74, 6) is -1.23. The Balaban J connectivity index is 2.38. The number of carbonyl (C=O) groups excluding carboxylic acids is 1. The Morgan fingerprint density at radius 3 is 2.12 bits per heavy atom. The second-order valence-corrected chi connectivity index (χ2v) is 7.57. The lowest BCUT2D eigenvalue weighted by atomic mass is 9.90. The summed E-state index contributed by atoms with van der Waals surface area (Å²) >= 11 is 0. The van der Waals surface area contributed by atoms with Crippen LogP contribution in [0.3, 0.4) is 0 Å². The molecule has 0 heterocycles. The van der Waals surface area contributed by atoms with E-state index in [1.807, 2.05) is 18.2 Å². The molecule has 2 N–H and O–H groups in total. The Kier molecular flexibility index (Phi) is 5.58. The van der Waals surface area contributed by atoms with Crippen LogP contribution >= 0.6 is 0 Å². The van der Waals surface area contributed by atoms with E-state index in [0.717, 1.165) is 5.56 Å². The first-order valence-electron chi connectivity index (χ1n) is 7.46. The van der Waals surface area contributed by atoms with Crippen molar-refractivity contribution >= 4 is 21.6 Å². The predicted octanol–water partition coefficient (Wildman–Crippen LogP) is 2.11. The number of nitrogens with one attached hydrogen (secondary N) is 1. The number of benzene rings is 2. The molecule has 0 aliphatic carbocycles. The lowest BCUT2D eigenvalue weighted by Gasteiger charge is -2.20. The van der Waals surface area contributed by atoms with E-state index < -0.39 is 21.8 Å². The SMILES string of the molecule is CCS(=O)(=O)N(C)c1ccc(C(C(=O)NO)c2ccccc2)cc1. The van der Waals surface area contributed by atoms with Crippen molar-refractivity contribution in [3.63, 3.8) is 0 Å². The topological polar surface area (TPSA) is 86.7 Å². The third-order valence-corrected chi connectivity index (χ3v) is 5.65. The normalized spacial score (nSPS) is 12.5. The third-order valence-electron chi connectivity index (χ3n) is 3.88. The summed E-state index contributed by atoms with van der Waals surface area (Å²) in [5, 5.41) is 9.02. The molecule has 0 spiro atoms. The lowest BCUT2D eigenvalue weighted by molar-refractivity contribution is -0.129. The van der Waals surface area contributed by atoms with Crippen LogP contribution in [0.5, 0.6) is 0 Å². The van der Waals surface area contributed by atoms with Crippen LogP contribution in [0, 0.1) is 0 Å². The first-order chi connectivity index (χ1) is 11.4. The second kappa shape index (κ2) is 7.46. The zero-order valence-electron chi connectivity index (χ0n) is 13.5. The molecule has 0 aliphatic heterocycles. The molecule has 0 aromatic heterocycles. The highest BCUT2D eigenvalue weighted by molar-refractivity contribution is 7.92. The monoisotopic (exact) mass is 348 g/mol. The molecule has 1 amide bonds. The summed E-state index contributed by atoms with van der Waals surface area (Å²) in [6, 6.07) is 15.7. The van der Waals surface area contributed by atoms with Crippen molar-refractivity contribution in [2.24, 2.45) is 0 Å². The van der Waals surface area contributed by atoms with Gasteiger partial charge in [0.25, 0.3) is 5.91 Å². The van der Waals surface area contributed by atoms with E-state index in [-0.39, 0.29) is 5.75 Å². The van der Waals surface area contributed by atoms with Crippen molar-refractivity contribution in [1.29, 1.82) is 0 Å². The Hall–Kier alpha value is -2.38. The largest absolute Gasteiger partial charge is 0.289 e. The number of hydrogen-bond donors (Lipinski definition) is 2. The maximum atomic E-state index is 12.1. The van der Waals surface area contributed by atoms with E-state index >= 15 is 0 Å². The van der Waals surface area contributed by atoms with E-state index in [4.69, 9.17) is 5.21 Å². The maximum absolute atomic E-state index is 12.1. The van der Waals surface area contributed by atoms with E-state index in [2.05, 4.69) is 0 Å². The van der Waals surface area contributed by atoms with Gasteiger partial charge >= 0.3 is 0 Å². The predicted molar refractivity (Wildman–Crippen MR) is 92.5 cm³/mol. The van der Waals surface area contributed by atoms with Crippen molar-refractivity contribution in [3.05, 3.63) is 65.7 Å². The number of anilines is 1. The summed E-state index contributed by atoms with van der Waals surface area (Å²) in [4.78, 5) is 12.1. The average Bonchev–Trinajstić information content (AvgIpc) is 2.62. The van der Waals surface area contributed by atoms with Gasteiger partial charge in [-0.1, -0.05) is 42.5 Å². The van der Waals surface area contributed by atoms with Crippen LogP contribution in [0.2, 0.25) is 0 Å². The number of rotatable bonds is 6. The van der Waals surface area contributed by atoms with E-state index in [9.17, 15) is 13.2 Å². The van der Waals surface area contributed by atoms with Gasteiger partial charge in [-0.15, -0.1) is 0 Å². The van der Waals surface area contributed by atoms with Gasteiger partial charge < -0.3 is 0 Å². The van der Waals surface area contributed by atoms with Crippen LogP contribution in [0.1, 0.15) is 24.0 Å². The van der Waals surface area contributed by atoms with Gasteiger partial charge in [-0.25, -0.2) is 13.9 Å². The molecule has 1 unspecified atom stereocenters. The number of hydroxylamine groups is 1. The summed E-state index contributed by atoms with van der Waals surface area (Å²) < 4.78 is 25.1. The molecule has 0 bridgehead atoms. The highest BCUT2D eigenvalue weighted by atomic mass is 32.2. The molecule has 0 aliphatic rings. The first kappa shape index (κ1) is 18.0. The number of nitrogens with zero attached hydrogens (tertiary/aromatic N) is 1. The van der Waals surface area contributed by atoms with Gasteiger partial charge in [0.15, 0.2) is 0 Å². The van der Waals surface area contributed by atoms with Crippen LogP contribution in [0.15, 0.2) is 54.6 Å². The molecule has 24 heavy (non-hydrogen) atoms. The molecule has 0 saturated heterocycles. The molecule has 128 valence electrons. The van der Waals surface area contributed by atoms with E-state index in [1.54, 1.807) is 48.8 Å². The highest BCUT2D eigenvalue weighted by Gasteiger charge is 2.23. The summed E-state index contributed by atoms with van der Waals surface area (Å²) in [6.45, 7) is 1.58. The van der Waals surface area contributed by atoms with Gasteiger partial charge in [-0.2, -0.15) is 0 Å². The molecule has 2 aromatic rings. The molecular formula is C17H20N2O4S. The molecule has 2 aromatic carbocycles. The minimum atomic E-state index is -3.34. The standard InChI is InChI=1S/C17H20N2O4S/c1-3-24(22,23)19(2)15-11-9-14(10-12-15)16(17(20)18-21)13-7-5-4-6-8-13/h4-12,16,21H,3H2,1-2H3,(H,18,20). The van der Waals surface area contributed by atoms with Crippen LogP contribution in [0.25, 0.3) is 0 Å². The smallest absolute Gasteiger partial charge is 0.255 e. The van der Waals surface area contributed by atoms with Crippen molar-refractivity contribution in [2.75, 3.05) is 17.1 Å². The molecular weight excluding hydrogens is 328 g/mol. The fourth-order valence-electron chi connectivity index (χ4n) is 2.44. The van der Waals surface area contributed by atoms with Crippen molar-refractivity contribution in [3.8, 4) is 0 Å². The summed E-state index contributed by atoms with van der Waals surface area (Å²) in [5.41, 5.74) is 3.58. The number of amides is 1. The number of sulfonamides is 1. The van der Waals surface area contributed by atoms with Gasteiger partial charge in [0.05, 0.1) is 17.4 Å². The molecule has 2 rings (SSSR count). The Bertz CT molecular complexity index is 789. The van der Waals surface area contributed by atoms with Crippen molar-refractivity contribution in [2.45, 2.75) is 12.8 Å². The fraction of sp³-hybridized carbons (Fsp3) is 0.235. The van der Waals surface area contributed by atoms with Crippen LogP contribution in [-0.2, 0) is 14.8 Å². The maximum Gasteiger partial charge on any atom is 0.255 e. The molecule has 0 saturated carbocycles. The first-order valence-corrected chi connectivity index (χ1v) is 9.07. The van der Waals surface area contributed by atoms with Crippen LogP contribution in [-0.4, -0.2) is 32.3 Å². The highest BCUT2D eigenvalue weighted by Crippen LogP contribution is 2.27. The molecule has 1 atom stereocenters. The Morgan fingerprint density at radius 1 is 1.08 bits per heavy atom. The quantitative estimate of drug-likeness (QED) is 0.618. The van der Waals surface area contributed by atoms with E-state index in [0.29, 0.717) is 11.3 Å². The Morgan fingerprint density at radius 2 is 1.62 bits per heavy atom. The summed E-state index contributed by atoms with van der Waals surface area (Å²) in [7, 11) is -1.85.